The Morgan fingerprint density at radius 3 is 2.68 bits per heavy atom. The van der Waals surface area contributed by atoms with Gasteiger partial charge in [-0.05, 0) is 41.5 Å². The van der Waals surface area contributed by atoms with Crippen LogP contribution in [-0.4, -0.2) is 39.2 Å². The molecule has 2 aromatic carbocycles. The van der Waals surface area contributed by atoms with E-state index >= 15 is 0 Å². The number of nitrogens with one attached hydrogen (secondary N) is 1. The molecule has 37 heavy (non-hydrogen) atoms. The number of benzene rings is 2. The molecule has 0 unspecified atom stereocenters. The number of esters is 1. The molecule has 4 heterocycles. The maximum Gasteiger partial charge on any atom is 0.314 e. The van der Waals surface area contributed by atoms with E-state index in [2.05, 4.69) is 5.32 Å². The molecule has 10 nitrogen and oxygen atoms in total. The molecule has 0 saturated carbocycles. The summed E-state index contributed by atoms with van der Waals surface area (Å²) in [5.74, 6) is 0.428. The van der Waals surface area contributed by atoms with Crippen molar-refractivity contribution >= 4 is 11.9 Å². The predicted octanol–water partition coefficient (Wildman–Crippen LogP) is 3.08. The largest absolute Gasteiger partial charge is 0.492 e. The van der Waals surface area contributed by atoms with Gasteiger partial charge in [-0.1, -0.05) is 6.07 Å². The average Bonchev–Trinajstić information content (AvgIpc) is 3.72. The number of hydrogen-bond donors (Lipinski definition) is 1. The first-order valence-corrected chi connectivity index (χ1v) is 12.0. The summed E-state index contributed by atoms with van der Waals surface area (Å²) in [5.41, 5.74) is 2.25. The fourth-order valence-corrected chi connectivity index (χ4v) is 5.99. The van der Waals surface area contributed by atoms with Gasteiger partial charge in [0.05, 0.1) is 38.4 Å². The molecule has 1 amide bonds. The minimum Gasteiger partial charge on any atom is -0.492 e. The molecular weight excluding hydrogens is 482 g/mol. The van der Waals surface area contributed by atoms with Gasteiger partial charge >= 0.3 is 5.97 Å². The molecule has 1 N–H and O–H groups in total. The van der Waals surface area contributed by atoms with Gasteiger partial charge in [-0.3, -0.25) is 9.59 Å². The fourth-order valence-electron chi connectivity index (χ4n) is 5.99. The highest BCUT2D eigenvalue weighted by molar-refractivity contribution is 5.89. The summed E-state index contributed by atoms with van der Waals surface area (Å²) in [6.07, 6.45) is 1.56. The summed E-state index contributed by atoms with van der Waals surface area (Å²) in [5, 5.41) is 3.00. The number of methoxy groups -OCH3 is 1. The molecule has 0 radical (unpaired) electrons. The third-order valence-corrected chi connectivity index (χ3v) is 7.54. The van der Waals surface area contributed by atoms with E-state index < -0.39 is 29.6 Å². The quantitative estimate of drug-likeness (QED) is 0.523. The summed E-state index contributed by atoms with van der Waals surface area (Å²) in [6.45, 7) is 0.502. The van der Waals surface area contributed by atoms with E-state index in [1.54, 1.807) is 18.4 Å². The molecule has 0 bridgehead atoms. The Hall–Kier alpha value is -4.34. The lowest BCUT2D eigenvalue weighted by Gasteiger charge is -2.39. The summed E-state index contributed by atoms with van der Waals surface area (Å²) >= 11 is 0. The Bertz CT molecular complexity index is 1400. The number of rotatable bonds is 5. The second-order valence-corrected chi connectivity index (χ2v) is 9.33. The van der Waals surface area contributed by atoms with E-state index in [4.69, 9.17) is 32.8 Å². The SMILES string of the molecule is COc1c2c(cc3c1[C@H]1C(=O)OC[C@H]1[C@H](C(=O)NCc1ccco1)[C@@H]3c1ccc3c(c1)OCO3)OCO2. The minimum atomic E-state index is -0.691. The Morgan fingerprint density at radius 1 is 1.00 bits per heavy atom. The van der Waals surface area contributed by atoms with Gasteiger partial charge in [0.25, 0.3) is 0 Å². The third-order valence-electron chi connectivity index (χ3n) is 7.54. The standard InChI is InChI=1S/C27H23NO9/c1-31-25-21-15(8-19-24(25)37-12-36-19)20(13-4-5-17-18(7-13)35-11-34-17)22(16-10-33-27(30)23(16)21)26(29)28-9-14-3-2-6-32-14/h2-8,16,20,22-23H,9-12H2,1H3,(H,28,29)/t16-,20+,22-,23-/m0/s1. The normalized spacial score (nSPS) is 24.3. The van der Waals surface area contributed by atoms with Crippen LogP contribution >= 0.6 is 0 Å². The number of cyclic esters (lactones) is 1. The smallest absolute Gasteiger partial charge is 0.314 e. The third kappa shape index (κ3) is 3.32. The van der Waals surface area contributed by atoms with Gasteiger partial charge in [0.1, 0.15) is 5.76 Å². The molecule has 1 saturated heterocycles. The molecule has 10 heteroatoms. The van der Waals surface area contributed by atoms with Crippen LogP contribution in [0, 0.1) is 11.8 Å². The first-order chi connectivity index (χ1) is 18.1. The van der Waals surface area contributed by atoms with Crippen LogP contribution in [0.15, 0.2) is 47.1 Å². The van der Waals surface area contributed by atoms with Gasteiger partial charge in [0, 0.05) is 17.4 Å². The van der Waals surface area contributed by atoms with Crippen molar-refractivity contribution in [1.29, 1.82) is 0 Å². The second kappa shape index (κ2) is 8.36. The van der Waals surface area contributed by atoms with Crippen molar-refractivity contribution in [3.05, 3.63) is 65.1 Å². The summed E-state index contributed by atoms with van der Waals surface area (Å²) in [6, 6.07) is 11.1. The molecule has 4 aliphatic rings. The van der Waals surface area contributed by atoms with Crippen LogP contribution in [0.2, 0.25) is 0 Å². The number of hydrogen-bond acceptors (Lipinski definition) is 9. The molecule has 3 aliphatic heterocycles. The number of carbonyl (C=O) groups is 2. The van der Waals surface area contributed by atoms with E-state index in [0.717, 1.165) is 11.1 Å². The first kappa shape index (κ1) is 21.9. The predicted molar refractivity (Wildman–Crippen MR) is 125 cm³/mol. The minimum absolute atomic E-state index is 0.0366. The van der Waals surface area contributed by atoms with Gasteiger partial charge in [0.2, 0.25) is 25.2 Å². The summed E-state index contributed by atoms with van der Waals surface area (Å²) in [4.78, 5) is 27.0. The van der Waals surface area contributed by atoms with Crippen molar-refractivity contribution in [2.45, 2.75) is 18.4 Å². The number of carbonyl (C=O) groups excluding carboxylic acids is 2. The van der Waals surface area contributed by atoms with Gasteiger partial charge in [-0.25, -0.2) is 0 Å². The molecule has 0 spiro atoms. The second-order valence-electron chi connectivity index (χ2n) is 9.33. The molecule has 190 valence electrons. The average molecular weight is 505 g/mol. The zero-order chi connectivity index (χ0) is 25.1. The van der Waals surface area contributed by atoms with Crippen molar-refractivity contribution in [3.8, 4) is 28.7 Å². The van der Waals surface area contributed by atoms with E-state index in [9.17, 15) is 9.59 Å². The van der Waals surface area contributed by atoms with E-state index in [-0.39, 0.29) is 32.6 Å². The molecular formula is C27H23NO9. The number of fused-ring (bicyclic) bond motifs is 5. The lowest BCUT2D eigenvalue weighted by atomic mass is 9.62. The Morgan fingerprint density at radius 2 is 1.84 bits per heavy atom. The lowest BCUT2D eigenvalue weighted by molar-refractivity contribution is -0.139. The lowest BCUT2D eigenvalue weighted by Crippen LogP contribution is -2.44. The van der Waals surface area contributed by atoms with Crippen molar-refractivity contribution in [1.82, 2.24) is 5.32 Å². The van der Waals surface area contributed by atoms with Crippen molar-refractivity contribution in [2.75, 3.05) is 27.3 Å². The highest BCUT2D eigenvalue weighted by Crippen LogP contribution is 2.59. The zero-order valence-electron chi connectivity index (χ0n) is 19.9. The zero-order valence-corrected chi connectivity index (χ0v) is 19.9. The molecule has 3 aromatic rings. The fraction of sp³-hybridized carbons (Fsp3) is 0.333. The molecule has 1 aliphatic carbocycles. The van der Waals surface area contributed by atoms with E-state index in [1.165, 1.54) is 7.11 Å². The number of amides is 1. The topological polar surface area (TPSA) is 115 Å². The number of furan rings is 1. The highest BCUT2D eigenvalue weighted by atomic mass is 16.7. The number of ether oxygens (including phenoxy) is 6. The van der Waals surface area contributed by atoms with Gasteiger partial charge in [-0.15, -0.1) is 0 Å². The summed E-state index contributed by atoms with van der Waals surface area (Å²) < 4.78 is 39.3. The highest BCUT2D eigenvalue weighted by Gasteiger charge is 2.55. The van der Waals surface area contributed by atoms with Crippen molar-refractivity contribution in [2.24, 2.45) is 11.8 Å². The molecule has 7 rings (SSSR count). The van der Waals surface area contributed by atoms with Crippen LogP contribution < -0.4 is 29.0 Å². The maximum atomic E-state index is 13.9. The van der Waals surface area contributed by atoms with Gasteiger partial charge < -0.3 is 38.2 Å². The molecule has 1 aromatic heterocycles. The van der Waals surface area contributed by atoms with Crippen LogP contribution in [0.5, 0.6) is 28.7 Å². The Labute approximate surface area is 211 Å². The van der Waals surface area contributed by atoms with E-state index in [1.807, 2.05) is 24.3 Å². The van der Waals surface area contributed by atoms with Gasteiger partial charge in [0.15, 0.2) is 23.0 Å². The maximum absolute atomic E-state index is 13.9. The van der Waals surface area contributed by atoms with E-state index in [0.29, 0.717) is 40.1 Å². The molecule has 1 fully saturated rings. The van der Waals surface area contributed by atoms with Gasteiger partial charge in [-0.2, -0.15) is 0 Å². The Balaban J connectivity index is 1.41. The van der Waals surface area contributed by atoms with Crippen LogP contribution in [0.4, 0.5) is 0 Å². The monoisotopic (exact) mass is 505 g/mol. The van der Waals surface area contributed by atoms with Crippen LogP contribution in [0.1, 0.15) is 34.3 Å². The van der Waals surface area contributed by atoms with Crippen LogP contribution in [0.25, 0.3) is 0 Å². The Kier molecular flexibility index (Phi) is 4.95. The first-order valence-electron chi connectivity index (χ1n) is 12.0. The van der Waals surface area contributed by atoms with Crippen LogP contribution in [-0.2, 0) is 20.9 Å². The molecule has 4 atom stereocenters. The van der Waals surface area contributed by atoms with Crippen LogP contribution in [0.3, 0.4) is 0 Å². The summed E-state index contributed by atoms with van der Waals surface area (Å²) in [7, 11) is 1.53. The van der Waals surface area contributed by atoms with Crippen molar-refractivity contribution in [3.63, 3.8) is 0 Å². The van der Waals surface area contributed by atoms with Crippen molar-refractivity contribution < 1.29 is 42.4 Å².